The largest absolute Gasteiger partial charge is 0.390 e. The predicted molar refractivity (Wildman–Crippen MR) is 104 cm³/mol. The summed E-state index contributed by atoms with van der Waals surface area (Å²) in [5.41, 5.74) is -1.41. The van der Waals surface area contributed by atoms with Crippen molar-refractivity contribution in [2.45, 2.75) is 50.7 Å². The second-order valence-electron chi connectivity index (χ2n) is 9.14. The molecule has 2 bridgehead atoms. The fourth-order valence-corrected chi connectivity index (χ4v) is 4.86. The van der Waals surface area contributed by atoms with Crippen molar-refractivity contribution >= 4 is 16.8 Å². The van der Waals surface area contributed by atoms with E-state index < -0.39 is 23.5 Å². The molecule has 2 heterocycles. The van der Waals surface area contributed by atoms with E-state index >= 15 is 0 Å². The van der Waals surface area contributed by atoms with Gasteiger partial charge in [0.05, 0.1) is 16.7 Å². The second kappa shape index (κ2) is 6.25. The smallest absolute Gasteiger partial charge is 0.282 e. The lowest BCUT2D eigenvalue weighted by molar-refractivity contribution is -0.247. The summed E-state index contributed by atoms with van der Waals surface area (Å²) in [7, 11) is 0. The van der Waals surface area contributed by atoms with Crippen LogP contribution >= 0.6 is 0 Å². The Morgan fingerprint density at radius 3 is 2.45 bits per heavy atom. The number of carbonyl (C=O) groups excluding carboxylic acids is 1. The summed E-state index contributed by atoms with van der Waals surface area (Å²) in [6, 6.07) is 3.41. The highest BCUT2D eigenvalue weighted by atomic mass is 19.3. The molecule has 3 aliphatic carbocycles. The average Bonchev–Trinajstić information content (AvgIpc) is 3.01. The first-order chi connectivity index (χ1) is 14.5. The van der Waals surface area contributed by atoms with Crippen molar-refractivity contribution in [2.75, 3.05) is 0 Å². The van der Waals surface area contributed by atoms with E-state index in [4.69, 9.17) is 0 Å². The Labute approximate surface area is 175 Å². The molecule has 2 N–H and O–H groups in total. The van der Waals surface area contributed by atoms with Crippen LogP contribution in [0.15, 0.2) is 30.6 Å². The highest BCUT2D eigenvalue weighted by molar-refractivity contribution is 5.94. The van der Waals surface area contributed by atoms with E-state index in [1.807, 2.05) is 0 Å². The molecular weight excluding hydrogens is 411 g/mol. The fourth-order valence-electron chi connectivity index (χ4n) is 4.86. The van der Waals surface area contributed by atoms with E-state index in [0.717, 1.165) is 36.1 Å². The topological polar surface area (TPSA) is 92.9 Å². The van der Waals surface area contributed by atoms with Crippen molar-refractivity contribution < 1.29 is 23.1 Å². The molecule has 1 amide bonds. The molecule has 0 aliphatic heterocycles. The molecular formula is C21H20F3N5O2. The standard InChI is InChI=1S/C21H20F3N5O2/c1-19(2,31)20-8-21(9-20,10-20)27-17(30)11-6-25-18(26-7-11)29-14-5-12(22)3-4-13(14)15(28-29)16(23)24/h3-7,16,31H,8-10H2,1-2H3,(H,27,30). The van der Waals surface area contributed by atoms with Crippen molar-refractivity contribution in [1.29, 1.82) is 0 Å². The Morgan fingerprint density at radius 1 is 1.23 bits per heavy atom. The number of carbonyl (C=O) groups is 1. The van der Waals surface area contributed by atoms with Gasteiger partial charge in [0.2, 0.25) is 0 Å². The van der Waals surface area contributed by atoms with Crippen LogP contribution in [-0.4, -0.2) is 41.9 Å². The number of aromatic nitrogens is 4. The summed E-state index contributed by atoms with van der Waals surface area (Å²) in [5.74, 6) is -1.00. The Kier molecular flexibility index (Phi) is 4.02. The number of nitrogens with one attached hydrogen (secondary N) is 1. The van der Waals surface area contributed by atoms with E-state index in [-0.39, 0.29) is 39.3 Å². The first-order valence-corrected chi connectivity index (χ1v) is 9.86. The molecule has 0 saturated heterocycles. The molecule has 3 aromatic rings. The highest BCUT2D eigenvalue weighted by Gasteiger charge is 2.73. The number of hydrogen-bond acceptors (Lipinski definition) is 5. The van der Waals surface area contributed by atoms with Gasteiger partial charge in [-0.2, -0.15) is 9.78 Å². The van der Waals surface area contributed by atoms with Gasteiger partial charge in [-0.1, -0.05) is 0 Å². The van der Waals surface area contributed by atoms with Crippen molar-refractivity contribution in [3.8, 4) is 5.95 Å². The molecule has 3 fully saturated rings. The molecule has 0 radical (unpaired) electrons. The summed E-state index contributed by atoms with van der Waals surface area (Å²) in [5, 5.41) is 17.2. The first-order valence-electron chi connectivity index (χ1n) is 9.86. The van der Waals surface area contributed by atoms with Crippen LogP contribution in [0.5, 0.6) is 0 Å². The van der Waals surface area contributed by atoms with Crippen LogP contribution in [0.4, 0.5) is 13.2 Å². The SMILES string of the molecule is CC(C)(O)C12CC(NC(=O)c3cnc(-n4nc(C(F)F)c5ccc(F)cc54)nc3)(C1)C2. The minimum atomic E-state index is -2.85. The van der Waals surface area contributed by atoms with Crippen LogP contribution < -0.4 is 5.32 Å². The molecule has 2 aromatic heterocycles. The molecule has 162 valence electrons. The highest BCUT2D eigenvalue weighted by Crippen LogP contribution is 2.71. The van der Waals surface area contributed by atoms with Crippen LogP contribution in [0.3, 0.4) is 0 Å². The van der Waals surface area contributed by atoms with Gasteiger partial charge in [0.1, 0.15) is 11.5 Å². The van der Waals surface area contributed by atoms with E-state index in [2.05, 4.69) is 20.4 Å². The maximum absolute atomic E-state index is 13.7. The van der Waals surface area contributed by atoms with Gasteiger partial charge in [0.15, 0.2) is 0 Å². The maximum Gasteiger partial charge on any atom is 0.282 e. The minimum absolute atomic E-state index is 0.0504. The number of amides is 1. The number of aliphatic hydroxyl groups is 1. The quantitative estimate of drug-likeness (QED) is 0.647. The molecule has 3 saturated carbocycles. The van der Waals surface area contributed by atoms with Crippen LogP contribution in [-0.2, 0) is 0 Å². The summed E-state index contributed by atoms with van der Waals surface area (Å²) in [6.07, 6.45) is 1.87. The van der Waals surface area contributed by atoms with Crippen LogP contribution in [0.25, 0.3) is 16.9 Å². The number of halogens is 3. The lowest BCUT2D eigenvalue weighted by Crippen LogP contribution is -2.79. The first kappa shape index (κ1) is 19.9. The summed E-state index contributed by atoms with van der Waals surface area (Å²) in [6.45, 7) is 3.57. The number of rotatable bonds is 5. The molecule has 0 atom stereocenters. The predicted octanol–water partition coefficient (Wildman–Crippen LogP) is 3.32. The Hall–Kier alpha value is -3.01. The van der Waals surface area contributed by atoms with Crippen LogP contribution in [0.2, 0.25) is 0 Å². The zero-order valence-electron chi connectivity index (χ0n) is 16.9. The van der Waals surface area contributed by atoms with Gasteiger partial charge >= 0.3 is 0 Å². The van der Waals surface area contributed by atoms with E-state index in [0.29, 0.717) is 0 Å². The number of fused-ring (bicyclic) bond motifs is 1. The van der Waals surface area contributed by atoms with Crippen molar-refractivity contribution in [3.63, 3.8) is 0 Å². The molecule has 31 heavy (non-hydrogen) atoms. The third-order valence-electron chi connectivity index (χ3n) is 6.68. The van der Waals surface area contributed by atoms with Crippen LogP contribution in [0, 0.1) is 11.2 Å². The van der Waals surface area contributed by atoms with Crippen molar-refractivity contribution in [3.05, 3.63) is 47.7 Å². The lowest BCUT2D eigenvalue weighted by atomic mass is 9.35. The normalized spacial score (nSPS) is 24.7. The van der Waals surface area contributed by atoms with Gasteiger partial charge in [0, 0.05) is 34.8 Å². The molecule has 6 rings (SSSR count). The number of hydrogen-bond donors (Lipinski definition) is 2. The molecule has 10 heteroatoms. The van der Waals surface area contributed by atoms with Gasteiger partial charge in [-0.25, -0.2) is 23.1 Å². The van der Waals surface area contributed by atoms with E-state index in [1.165, 1.54) is 18.5 Å². The zero-order valence-corrected chi connectivity index (χ0v) is 16.9. The van der Waals surface area contributed by atoms with E-state index in [9.17, 15) is 23.1 Å². The Bertz CT molecular complexity index is 1180. The van der Waals surface area contributed by atoms with Crippen molar-refractivity contribution in [1.82, 2.24) is 25.1 Å². The fraction of sp³-hybridized carbons (Fsp3) is 0.429. The van der Waals surface area contributed by atoms with E-state index in [1.54, 1.807) is 13.8 Å². The molecule has 0 unspecified atom stereocenters. The van der Waals surface area contributed by atoms with Crippen LogP contribution in [0.1, 0.15) is 55.6 Å². The van der Waals surface area contributed by atoms with Crippen molar-refractivity contribution in [2.24, 2.45) is 5.41 Å². The van der Waals surface area contributed by atoms with Gasteiger partial charge in [-0.05, 0) is 45.2 Å². The number of nitrogens with zero attached hydrogens (tertiary/aromatic N) is 4. The molecule has 3 aliphatic rings. The maximum atomic E-state index is 13.7. The average molecular weight is 431 g/mol. The number of alkyl halides is 2. The van der Waals surface area contributed by atoms with Gasteiger partial charge in [-0.15, -0.1) is 0 Å². The summed E-state index contributed by atoms with van der Waals surface area (Å²) >= 11 is 0. The Balaban J connectivity index is 1.37. The third-order valence-corrected chi connectivity index (χ3v) is 6.68. The third kappa shape index (κ3) is 2.92. The van der Waals surface area contributed by atoms with Gasteiger partial charge < -0.3 is 10.4 Å². The monoisotopic (exact) mass is 431 g/mol. The minimum Gasteiger partial charge on any atom is -0.390 e. The molecule has 0 spiro atoms. The number of benzene rings is 1. The van der Waals surface area contributed by atoms with Gasteiger partial charge in [0.25, 0.3) is 18.3 Å². The lowest BCUT2D eigenvalue weighted by Gasteiger charge is -2.74. The zero-order chi connectivity index (χ0) is 22.2. The Morgan fingerprint density at radius 2 is 1.87 bits per heavy atom. The molecule has 7 nitrogen and oxygen atoms in total. The molecule has 1 aromatic carbocycles. The summed E-state index contributed by atoms with van der Waals surface area (Å²) in [4.78, 5) is 20.8. The second-order valence-corrected chi connectivity index (χ2v) is 9.14. The van der Waals surface area contributed by atoms with Gasteiger partial charge in [-0.3, -0.25) is 4.79 Å². The summed E-state index contributed by atoms with van der Waals surface area (Å²) < 4.78 is 41.4.